The highest BCUT2D eigenvalue weighted by molar-refractivity contribution is 7.18. The largest absolute Gasteiger partial charge is 0.462 e. The molecule has 3 N–H and O–H groups in total. The number of rotatable bonds is 8. The summed E-state index contributed by atoms with van der Waals surface area (Å²) in [5.41, 5.74) is 6.11. The highest BCUT2D eigenvalue weighted by Crippen LogP contribution is 2.36. The number of carbonyl (C=O) groups is 3. The van der Waals surface area contributed by atoms with Crippen LogP contribution in [0.5, 0.6) is 0 Å². The number of carbonyl (C=O) groups excluding carboxylic acids is 3. The summed E-state index contributed by atoms with van der Waals surface area (Å²) >= 11 is 1.05. The number of hydrogen-bond acceptors (Lipinski definition) is 5. The van der Waals surface area contributed by atoms with Gasteiger partial charge in [0.25, 0.3) is 5.91 Å². The Kier molecular flexibility index (Phi) is 7.83. The summed E-state index contributed by atoms with van der Waals surface area (Å²) in [4.78, 5) is 37.0. The molecule has 0 unspecified atom stereocenters. The lowest BCUT2D eigenvalue weighted by molar-refractivity contribution is -0.121. The Morgan fingerprint density at radius 3 is 2.41 bits per heavy atom. The topological polar surface area (TPSA) is 98.5 Å². The third-order valence-corrected chi connectivity index (χ3v) is 6.49. The van der Waals surface area contributed by atoms with E-state index in [1.54, 1.807) is 13.8 Å². The van der Waals surface area contributed by atoms with Gasteiger partial charge in [0.15, 0.2) is 0 Å². The van der Waals surface area contributed by atoms with E-state index in [1.807, 2.05) is 0 Å². The maximum atomic E-state index is 12.7. The van der Waals surface area contributed by atoms with E-state index in [1.165, 1.54) is 19.3 Å². The first-order valence-corrected chi connectivity index (χ1v) is 10.6. The molecule has 0 bridgehead atoms. The van der Waals surface area contributed by atoms with Crippen LogP contribution in [-0.2, 0) is 9.53 Å². The molecule has 27 heavy (non-hydrogen) atoms. The molecule has 0 aliphatic heterocycles. The van der Waals surface area contributed by atoms with Gasteiger partial charge in [-0.05, 0) is 51.0 Å². The van der Waals surface area contributed by atoms with E-state index in [2.05, 4.69) is 12.2 Å². The van der Waals surface area contributed by atoms with Crippen molar-refractivity contribution in [2.45, 2.75) is 65.7 Å². The molecule has 1 saturated carbocycles. The molecule has 1 aromatic rings. The van der Waals surface area contributed by atoms with E-state index in [4.69, 9.17) is 10.5 Å². The first-order valence-electron chi connectivity index (χ1n) is 9.80. The molecule has 1 aromatic heterocycles. The summed E-state index contributed by atoms with van der Waals surface area (Å²) in [6, 6.07) is 0. The Hall–Kier alpha value is -1.89. The van der Waals surface area contributed by atoms with Gasteiger partial charge in [-0.15, -0.1) is 11.3 Å². The number of primary amides is 1. The van der Waals surface area contributed by atoms with Gasteiger partial charge >= 0.3 is 5.97 Å². The van der Waals surface area contributed by atoms with E-state index in [9.17, 15) is 14.4 Å². The molecule has 1 fully saturated rings. The quantitative estimate of drug-likeness (QED) is 0.643. The Labute approximate surface area is 164 Å². The number of ether oxygens (including phenoxy) is 1. The molecule has 2 amide bonds. The average Bonchev–Trinajstić information content (AvgIpc) is 2.96. The van der Waals surface area contributed by atoms with Gasteiger partial charge in [-0.2, -0.15) is 0 Å². The minimum absolute atomic E-state index is 0.0580. The maximum Gasteiger partial charge on any atom is 0.341 e. The number of nitrogens with two attached hydrogens (primary N) is 1. The molecule has 1 aliphatic rings. The second-order valence-electron chi connectivity index (χ2n) is 7.19. The van der Waals surface area contributed by atoms with Crippen LogP contribution in [0.25, 0.3) is 0 Å². The lowest BCUT2D eigenvalue weighted by atomic mass is 9.79. The van der Waals surface area contributed by atoms with Gasteiger partial charge in [0.2, 0.25) is 5.91 Å². The highest BCUT2D eigenvalue weighted by Gasteiger charge is 2.30. The average molecular weight is 395 g/mol. The summed E-state index contributed by atoms with van der Waals surface area (Å²) in [5.74, 6) is -0.587. The second-order valence-corrected chi connectivity index (χ2v) is 8.21. The van der Waals surface area contributed by atoms with Gasteiger partial charge < -0.3 is 15.8 Å². The molecular weight excluding hydrogens is 364 g/mol. The summed E-state index contributed by atoms with van der Waals surface area (Å²) in [6.45, 7) is 5.78. The minimum atomic E-state index is -0.611. The fraction of sp³-hybridized carbons (Fsp3) is 0.650. The molecule has 0 saturated heterocycles. The SMILES string of the molecule is CCCCC1CCC(C(=O)Nc2sc(C(N)=O)c(C)c2C(=O)OCC)CC1. The van der Waals surface area contributed by atoms with Crippen molar-refractivity contribution in [2.24, 2.45) is 17.6 Å². The molecule has 1 heterocycles. The van der Waals surface area contributed by atoms with Crippen LogP contribution in [0.2, 0.25) is 0 Å². The zero-order valence-electron chi connectivity index (χ0n) is 16.4. The smallest absolute Gasteiger partial charge is 0.341 e. The molecular formula is C20H30N2O4S. The van der Waals surface area contributed by atoms with E-state index in [0.717, 1.165) is 42.9 Å². The summed E-state index contributed by atoms with van der Waals surface area (Å²) < 4.78 is 5.09. The van der Waals surface area contributed by atoms with Gasteiger partial charge in [0.1, 0.15) is 5.00 Å². The van der Waals surface area contributed by atoms with Crippen molar-refractivity contribution in [3.05, 3.63) is 16.0 Å². The fourth-order valence-electron chi connectivity index (χ4n) is 3.71. The zero-order valence-corrected chi connectivity index (χ0v) is 17.2. The third kappa shape index (κ3) is 5.31. The van der Waals surface area contributed by atoms with Crippen LogP contribution in [0.4, 0.5) is 5.00 Å². The molecule has 0 aromatic carbocycles. The van der Waals surface area contributed by atoms with E-state index < -0.39 is 11.9 Å². The number of anilines is 1. The second kappa shape index (κ2) is 9.88. The Morgan fingerprint density at radius 2 is 1.85 bits per heavy atom. The van der Waals surface area contributed by atoms with Crippen molar-refractivity contribution in [1.29, 1.82) is 0 Å². The highest BCUT2D eigenvalue weighted by atomic mass is 32.1. The van der Waals surface area contributed by atoms with Gasteiger partial charge in [-0.25, -0.2) is 4.79 Å². The fourth-order valence-corrected chi connectivity index (χ4v) is 4.76. The first-order chi connectivity index (χ1) is 12.9. The van der Waals surface area contributed by atoms with E-state index >= 15 is 0 Å². The van der Waals surface area contributed by atoms with Crippen LogP contribution >= 0.6 is 11.3 Å². The van der Waals surface area contributed by atoms with Gasteiger partial charge in [0, 0.05) is 5.92 Å². The predicted molar refractivity (Wildman–Crippen MR) is 107 cm³/mol. The summed E-state index contributed by atoms with van der Waals surface area (Å²) in [5, 5.41) is 3.22. The Bertz CT molecular complexity index is 690. The molecule has 0 spiro atoms. The van der Waals surface area contributed by atoms with Crippen molar-refractivity contribution in [3.8, 4) is 0 Å². The van der Waals surface area contributed by atoms with Crippen molar-refractivity contribution < 1.29 is 19.1 Å². The maximum absolute atomic E-state index is 12.7. The number of nitrogens with one attached hydrogen (secondary N) is 1. The molecule has 150 valence electrons. The molecule has 1 aliphatic carbocycles. The standard InChI is InChI=1S/C20H30N2O4S/c1-4-6-7-13-8-10-14(11-9-13)18(24)22-19-15(20(25)26-5-2)12(3)16(27-19)17(21)23/h13-14H,4-11H2,1-3H3,(H2,21,23)(H,22,24). The molecule has 6 nitrogen and oxygen atoms in total. The van der Waals surface area contributed by atoms with Crippen LogP contribution in [0.3, 0.4) is 0 Å². The van der Waals surface area contributed by atoms with Crippen molar-refractivity contribution in [3.63, 3.8) is 0 Å². The Morgan fingerprint density at radius 1 is 1.19 bits per heavy atom. The van der Waals surface area contributed by atoms with Crippen molar-refractivity contribution >= 4 is 34.1 Å². The predicted octanol–water partition coefficient (Wildman–Crippen LogP) is 4.27. The van der Waals surface area contributed by atoms with Gasteiger partial charge in [-0.3, -0.25) is 9.59 Å². The number of hydrogen-bond donors (Lipinski definition) is 2. The van der Waals surface area contributed by atoms with Crippen molar-refractivity contribution in [2.75, 3.05) is 11.9 Å². The molecule has 2 rings (SSSR count). The lowest BCUT2D eigenvalue weighted by Gasteiger charge is -2.27. The van der Waals surface area contributed by atoms with Crippen LogP contribution in [-0.4, -0.2) is 24.4 Å². The lowest BCUT2D eigenvalue weighted by Crippen LogP contribution is -2.27. The van der Waals surface area contributed by atoms with E-state index in [-0.39, 0.29) is 28.9 Å². The van der Waals surface area contributed by atoms with Gasteiger partial charge in [0.05, 0.1) is 17.0 Å². The van der Waals surface area contributed by atoms with Crippen LogP contribution in [0, 0.1) is 18.8 Å². The number of unbranched alkanes of at least 4 members (excludes halogenated alkanes) is 1. The molecule has 0 atom stereocenters. The van der Waals surface area contributed by atoms with E-state index in [0.29, 0.717) is 10.6 Å². The molecule has 7 heteroatoms. The van der Waals surface area contributed by atoms with Gasteiger partial charge in [-0.1, -0.05) is 26.2 Å². The minimum Gasteiger partial charge on any atom is -0.462 e. The van der Waals surface area contributed by atoms with Crippen LogP contribution in [0.15, 0.2) is 0 Å². The number of esters is 1. The normalized spacial score (nSPS) is 19.5. The van der Waals surface area contributed by atoms with Crippen LogP contribution < -0.4 is 11.1 Å². The summed E-state index contributed by atoms with van der Waals surface area (Å²) in [7, 11) is 0. The number of thiophene rings is 1. The van der Waals surface area contributed by atoms with Crippen molar-refractivity contribution in [1.82, 2.24) is 0 Å². The number of amides is 2. The monoisotopic (exact) mass is 394 g/mol. The Balaban J connectivity index is 2.10. The third-order valence-electron chi connectivity index (χ3n) is 5.27. The molecule has 0 radical (unpaired) electrons. The first kappa shape index (κ1) is 21.4. The summed E-state index contributed by atoms with van der Waals surface area (Å²) in [6.07, 6.45) is 7.55. The zero-order chi connectivity index (χ0) is 20.0. The van der Waals surface area contributed by atoms with Crippen LogP contribution in [0.1, 0.15) is 84.4 Å².